The van der Waals surface area contributed by atoms with E-state index >= 15 is 0 Å². The number of nitrogens with zero attached hydrogens (tertiary/aromatic N) is 1. The van der Waals surface area contributed by atoms with Gasteiger partial charge in [0.25, 0.3) is 0 Å². The van der Waals surface area contributed by atoms with Crippen LogP contribution in [0.2, 0.25) is 0 Å². The predicted molar refractivity (Wildman–Crippen MR) is 144 cm³/mol. The van der Waals surface area contributed by atoms with Crippen molar-refractivity contribution < 1.29 is 14.3 Å². The number of hydrazone groups is 1. The molecule has 0 aromatic heterocycles. The highest BCUT2D eigenvalue weighted by Gasteiger charge is 2.12. The number of ether oxygens (including phenoxy) is 2. The van der Waals surface area contributed by atoms with Gasteiger partial charge in [-0.05, 0) is 89.9 Å². The zero-order chi connectivity index (χ0) is 23.8. The maximum atomic E-state index is 12.3. The lowest BCUT2D eigenvalue weighted by Gasteiger charge is -2.15. The van der Waals surface area contributed by atoms with Gasteiger partial charge >= 0.3 is 0 Å². The number of hydrogen-bond acceptors (Lipinski definition) is 4. The SMILES string of the molecule is CCOc1cc(/C=N/NC(=O)Cc2cc(C)ccc2C)cc(I)c1OCc1ccc(Br)cc1. The average Bonchev–Trinajstić information content (AvgIpc) is 2.77. The highest BCUT2D eigenvalue weighted by atomic mass is 127. The quantitative estimate of drug-likeness (QED) is 0.173. The fourth-order valence-corrected chi connectivity index (χ4v) is 4.23. The van der Waals surface area contributed by atoms with E-state index < -0.39 is 0 Å². The smallest absolute Gasteiger partial charge is 0.244 e. The molecule has 5 nitrogen and oxygen atoms in total. The molecule has 0 heterocycles. The van der Waals surface area contributed by atoms with Crippen molar-refractivity contribution in [3.8, 4) is 11.5 Å². The van der Waals surface area contributed by atoms with Crippen LogP contribution in [0.3, 0.4) is 0 Å². The molecular weight excluding hydrogens is 595 g/mol. The van der Waals surface area contributed by atoms with Crippen LogP contribution in [0, 0.1) is 17.4 Å². The monoisotopic (exact) mass is 620 g/mol. The molecule has 0 fully saturated rings. The number of halogens is 2. The van der Waals surface area contributed by atoms with Gasteiger partial charge in [-0.25, -0.2) is 5.43 Å². The van der Waals surface area contributed by atoms with Crippen LogP contribution in [-0.2, 0) is 17.8 Å². The third kappa shape index (κ3) is 7.57. The first-order valence-corrected chi connectivity index (χ1v) is 12.4. The van der Waals surface area contributed by atoms with Gasteiger partial charge in [0.05, 0.1) is 22.8 Å². The lowest BCUT2D eigenvalue weighted by molar-refractivity contribution is -0.120. The Hall–Kier alpha value is -2.39. The van der Waals surface area contributed by atoms with Gasteiger partial charge in [-0.15, -0.1) is 0 Å². The number of rotatable bonds is 9. The molecule has 1 N–H and O–H groups in total. The van der Waals surface area contributed by atoms with E-state index in [-0.39, 0.29) is 12.3 Å². The third-order valence-corrected chi connectivity index (χ3v) is 6.22. The summed E-state index contributed by atoms with van der Waals surface area (Å²) in [5.74, 6) is 1.18. The molecule has 0 aliphatic heterocycles. The minimum Gasteiger partial charge on any atom is -0.490 e. The van der Waals surface area contributed by atoms with Crippen molar-refractivity contribution in [1.82, 2.24) is 5.43 Å². The molecule has 0 aliphatic carbocycles. The molecule has 0 saturated carbocycles. The molecule has 172 valence electrons. The van der Waals surface area contributed by atoms with Crippen molar-refractivity contribution in [1.29, 1.82) is 0 Å². The first-order valence-electron chi connectivity index (χ1n) is 10.6. The molecule has 7 heteroatoms. The molecule has 3 aromatic carbocycles. The summed E-state index contributed by atoms with van der Waals surface area (Å²) in [7, 11) is 0. The van der Waals surface area contributed by atoms with E-state index in [9.17, 15) is 4.79 Å². The molecule has 0 spiro atoms. The van der Waals surface area contributed by atoms with Gasteiger partial charge in [0.15, 0.2) is 11.5 Å². The molecule has 33 heavy (non-hydrogen) atoms. The van der Waals surface area contributed by atoms with Crippen LogP contribution in [0.25, 0.3) is 0 Å². The van der Waals surface area contributed by atoms with Gasteiger partial charge in [0, 0.05) is 4.47 Å². The fourth-order valence-electron chi connectivity index (χ4n) is 3.18. The van der Waals surface area contributed by atoms with Gasteiger partial charge in [0.1, 0.15) is 6.61 Å². The normalized spacial score (nSPS) is 10.9. The largest absolute Gasteiger partial charge is 0.490 e. The van der Waals surface area contributed by atoms with E-state index in [1.807, 2.05) is 75.4 Å². The zero-order valence-corrected chi connectivity index (χ0v) is 22.6. The van der Waals surface area contributed by atoms with Crippen molar-refractivity contribution in [3.63, 3.8) is 0 Å². The number of aryl methyl sites for hydroxylation is 2. The third-order valence-electron chi connectivity index (χ3n) is 4.89. The fraction of sp³-hybridized carbons (Fsp3) is 0.231. The van der Waals surface area contributed by atoms with Gasteiger partial charge in [-0.1, -0.05) is 51.8 Å². The van der Waals surface area contributed by atoms with Crippen LogP contribution in [0.5, 0.6) is 11.5 Å². The van der Waals surface area contributed by atoms with Crippen molar-refractivity contribution in [3.05, 3.63) is 90.5 Å². The van der Waals surface area contributed by atoms with Gasteiger partial charge < -0.3 is 9.47 Å². The van der Waals surface area contributed by atoms with Gasteiger partial charge in [-0.2, -0.15) is 5.10 Å². The molecule has 0 radical (unpaired) electrons. The summed E-state index contributed by atoms with van der Waals surface area (Å²) in [6, 6.07) is 17.9. The van der Waals surface area contributed by atoms with Crippen molar-refractivity contribution in [2.24, 2.45) is 5.10 Å². The van der Waals surface area contributed by atoms with E-state index in [0.29, 0.717) is 24.7 Å². The van der Waals surface area contributed by atoms with Crippen LogP contribution in [-0.4, -0.2) is 18.7 Å². The zero-order valence-electron chi connectivity index (χ0n) is 18.8. The second-order valence-electron chi connectivity index (χ2n) is 7.58. The molecule has 0 unspecified atom stereocenters. The molecule has 3 rings (SSSR count). The number of amides is 1. The average molecular weight is 621 g/mol. The number of carbonyl (C=O) groups is 1. The molecule has 1 amide bonds. The van der Waals surface area contributed by atoms with Crippen LogP contribution in [0.1, 0.15) is 34.7 Å². The Morgan fingerprint density at radius 3 is 2.58 bits per heavy atom. The number of benzene rings is 3. The topological polar surface area (TPSA) is 59.9 Å². The second kappa shape index (κ2) is 12.2. The van der Waals surface area contributed by atoms with Gasteiger partial charge in [-0.3, -0.25) is 4.79 Å². The number of carbonyl (C=O) groups excluding carboxylic acids is 1. The summed E-state index contributed by atoms with van der Waals surface area (Å²) in [5, 5.41) is 4.13. The molecule has 0 bridgehead atoms. The minimum atomic E-state index is -0.158. The van der Waals surface area contributed by atoms with E-state index in [1.165, 1.54) is 0 Å². The standard InChI is InChI=1S/C26H26BrIN2O3/c1-4-32-24-13-20(12-23(28)26(24)33-16-19-7-9-22(27)10-8-19)15-29-30-25(31)14-21-11-17(2)5-6-18(21)3/h5-13,15H,4,14,16H2,1-3H3,(H,30,31)/b29-15+. The summed E-state index contributed by atoms with van der Waals surface area (Å²) in [5.41, 5.74) is 7.72. The first kappa shape index (κ1) is 25.2. The second-order valence-corrected chi connectivity index (χ2v) is 9.66. The van der Waals surface area contributed by atoms with E-state index in [4.69, 9.17) is 9.47 Å². The highest BCUT2D eigenvalue weighted by Crippen LogP contribution is 2.34. The highest BCUT2D eigenvalue weighted by molar-refractivity contribution is 14.1. The van der Waals surface area contributed by atoms with Crippen molar-refractivity contribution in [2.45, 2.75) is 33.8 Å². The molecular formula is C26H26BrIN2O3. The summed E-state index contributed by atoms with van der Waals surface area (Å²) in [6.07, 6.45) is 1.90. The molecule has 3 aromatic rings. The van der Waals surface area contributed by atoms with E-state index in [0.717, 1.165) is 35.9 Å². The van der Waals surface area contributed by atoms with Crippen LogP contribution >= 0.6 is 38.5 Å². The maximum absolute atomic E-state index is 12.3. The Labute approximate surface area is 216 Å². The van der Waals surface area contributed by atoms with E-state index in [2.05, 4.69) is 49.0 Å². The Morgan fingerprint density at radius 1 is 1.09 bits per heavy atom. The first-order chi connectivity index (χ1) is 15.9. The maximum Gasteiger partial charge on any atom is 0.244 e. The summed E-state index contributed by atoms with van der Waals surface area (Å²) in [4.78, 5) is 12.3. The Bertz CT molecular complexity index is 1150. The summed E-state index contributed by atoms with van der Waals surface area (Å²) >= 11 is 5.67. The lowest BCUT2D eigenvalue weighted by Crippen LogP contribution is -2.20. The Morgan fingerprint density at radius 2 is 1.85 bits per heavy atom. The number of nitrogens with one attached hydrogen (secondary N) is 1. The minimum absolute atomic E-state index is 0.158. The molecule has 0 aliphatic rings. The van der Waals surface area contributed by atoms with E-state index in [1.54, 1.807) is 6.21 Å². The molecule has 0 saturated heterocycles. The van der Waals surface area contributed by atoms with Crippen molar-refractivity contribution >= 4 is 50.6 Å². The number of hydrogen-bond donors (Lipinski definition) is 1. The van der Waals surface area contributed by atoms with Crippen LogP contribution in [0.15, 0.2) is 64.2 Å². The Balaban J connectivity index is 1.67. The van der Waals surface area contributed by atoms with Crippen molar-refractivity contribution in [2.75, 3.05) is 6.61 Å². The lowest BCUT2D eigenvalue weighted by atomic mass is 10.0. The van der Waals surface area contributed by atoms with Crippen LogP contribution in [0.4, 0.5) is 0 Å². The predicted octanol–water partition coefficient (Wildman–Crippen LogP) is 6.34. The van der Waals surface area contributed by atoms with Gasteiger partial charge in [0.2, 0.25) is 5.91 Å². The summed E-state index contributed by atoms with van der Waals surface area (Å²) < 4.78 is 13.8. The Kier molecular flexibility index (Phi) is 9.31. The molecule has 0 atom stereocenters. The summed E-state index contributed by atoms with van der Waals surface area (Å²) in [6.45, 7) is 6.90. The van der Waals surface area contributed by atoms with Crippen LogP contribution < -0.4 is 14.9 Å².